The van der Waals surface area contributed by atoms with Crippen LogP contribution < -0.4 is 10.2 Å². The van der Waals surface area contributed by atoms with Gasteiger partial charge in [-0.3, -0.25) is 0 Å². The van der Waals surface area contributed by atoms with Crippen molar-refractivity contribution < 1.29 is 5.11 Å². The van der Waals surface area contributed by atoms with E-state index in [1.807, 2.05) is 13.0 Å². The van der Waals surface area contributed by atoms with Crippen molar-refractivity contribution in [3.05, 3.63) is 28.0 Å². The first-order valence-corrected chi connectivity index (χ1v) is 9.35. The van der Waals surface area contributed by atoms with E-state index in [4.69, 9.17) is 0 Å². The number of hydrogen-bond acceptors (Lipinski definition) is 7. The summed E-state index contributed by atoms with van der Waals surface area (Å²) in [6.45, 7) is 6.05. The summed E-state index contributed by atoms with van der Waals surface area (Å²) in [5, 5.41) is 14.1. The van der Waals surface area contributed by atoms with Gasteiger partial charge in [0.25, 0.3) is 0 Å². The molecule has 1 aliphatic rings. The highest BCUT2D eigenvalue weighted by molar-refractivity contribution is 7.11. The maximum Gasteiger partial charge on any atom is 0.134 e. The Morgan fingerprint density at radius 2 is 2.21 bits per heavy atom. The number of thiazole rings is 1. The van der Waals surface area contributed by atoms with Gasteiger partial charge < -0.3 is 15.3 Å². The van der Waals surface area contributed by atoms with E-state index in [0.717, 1.165) is 54.7 Å². The van der Waals surface area contributed by atoms with Crippen molar-refractivity contribution in [2.75, 3.05) is 29.9 Å². The van der Waals surface area contributed by atoms with Crippen LogP contribution in [-0.2, 0) is 6.42 Å². The molecule has 1 unspecified atom stereocenters. The molecule has 0 bridgehead atoms. The topological polar surface area (TPSA) is 74.2 Å². The molecule has 2 aromatic heterocycles. The van der Waals surface area contributed by atoms with E-state index in [1.165, 1.54) is 11.3 Å². The summed E-state index contributed by atoms with van der Waals surface area (Å²) in [5.74, 6) is 1.73. The number of piperidine rings is 1. The number of aryl methyl sites for hydroxylation is 2. The molecular weight excluding hydrogens is 322 g/mol. The molecule has 0 aromatic carbocycles. The van der Waals surface area contributed by atoms with Crippen LogP contribution in [0.15, 0.2) is 12.4 Å². The monoisotopic (exact) mass is 347 g/mol. The summed E-state index contributed by atoms with van der Waals surface area (Å²) in [6.07, 6.45) is 5.88. The second-order valence-electron chi connectivity index (χ2n) is 6.21. The summed E-state index contributed by atoms with van der Waals surface area (Å²) in [6, 6.07) is 2.16. The Morgan fingerprint density at radius 1 is 1.33 bits per heavy atom. The third-order valence-corrected chi connectivity index (χ3v) is 5.58. The zero-order valence-electron chi connectivity index (χ0n) is 14.3. The molecule has 2 N–H and O–H groups in total. The largest absolute Gasteiger partial charge is 0.394 e. The normalized spacial score (nSPS) is 18.0. The van der Waals surface area contributed by atoms with Gasteiger partial charge >= 0.3 is 0 Å². The predicted molar refractivity (Wildman–Crippen MR) is 97.9 cm³/mol. The Kier molecular flexibility index (Phi) is 5.63. The number of anilines is 2. The van der Waals surface area contributed by atoms with Crippen LogP contribution in [0.1, 0.15) is 34.8 Å². The molecule has 1 saturated heterocycles. The summed E-state index contributed by atoms with van der Waals surface area (Å²) in [7, 11) is 0. The van der Waals surface area contributed by atoms with E-state index in [-0.39, 0.29) is 12.6 Å². The fourth-order valence-corrected chi connectivity index (χ4v) is 4.14. The van der Waals surface area contributed by atoms with Crippen LogP contribution in [-0.4, -0.2) is 45.8 Å². The van der Waals surface area contributed by atoms with Crippen molar-refractivity contribution >= 4 is 23.0 Å². The Balaban J connectivity index is 1.61. The molecule has 1 aliphatic heterocycles. The van der Waals surface area contributed by atoms with Crippen molar-refractivity contribution in [3.8, 4) is 0 Å². The molecule has 2 aromatic rings. The van der Waals surface area contributed by atoms with Crippen LogP contribution in [0.2, 0.25) is 0 Å². The Labute approximate surface area is 147 Å². The van der Waals surface area contributed by atoms with Gasteiger partial charge in [-0.05, 0) is 33.1 Å². The van der Waals surface area contributed by atoms with Crippen LogP contribution in [0, 0.1) is 13.8 Å². The molecule has 24 heavy (non-hydrogen) atoms. The fraction of sp³-hybridized carbons (Fsp3) is 0.588. The zero-order chi connectivity index (χ0) is 16.9. The van der Waals surface area contributed by atoms with Gasteiger partial charge in [0.15, 0.2) is 0 Å². The Bertz CT molecular complexity index is 675. The number of rotatable bonds is 6. The SMILES string of the molecule is Cc1nc(C)c(CCNc2cc(N3CCCCC3CO)ncn2)s1. The van der Waals surface area contributed by atoms with Crippen molar-refractivity contribution in [3.63, 3.8) is 0 Å². The summed E-state index contributed by atoms with van der Waals surface area (Å²) < 4.78 is 0. The summed E-state index contributed by atoms with van der Waals surface area (Å²) >= 11 is 1.76. The third-order valence-electron chi connectivity index (χ3n) is 4.44. The second-order valence-corrected chi connectivity index (χ2v) is 7.49. The summed E-state index contributed by atoms with van der Waals surface area (Å²) in [5.41, 5.74) is 1.13. The van der Waals surface area contributed by atoms with Gasteiger partial charge in [-0.15, -0.1) is 11.3 Å². The molecule has 7 heteroatoms. The molecule has 130 valence electrons. The standard InChI is InChI=1S/C17H25N5OS/c1-12-15(24-13(2)21-12)6-7-18-16-9-17(20-11-19-16)22-8-4-3-5-14(22)10-23/h9,11,14,23H,3-8,10H2,1-2H3,(H,18,19,20). The molecule has 0 amide bonds. The van der Waals surface area contributed by atoms with Crippen LogP contribution in [0.3, 0.4) is 0 Å². The molecule has 0 saturated carbocycles. The maximum absolute atomic E-state index is 9.58. The number of aliphatic hydroxyl groups excluding tert-OH is 1. The number of aliphatic hydroxyl groups is 1. The number of hydrogen-bond donors (Lipinski definition) is 2. The first kappa shape index (κ1) is 17.1. The van der Waals surface area contributed by atoms with Crippen LogP contribution >= 0.6 is 11.3 Å². The average Bonchev–Trinajstić information content (AvgIpc) is 2.92. The van der Waals surface area contributed by atoms with Gasteiger partial charge in [0, 0.05) is 30.5 Å². The zero-order valence-corrected chi connectivity index (χ0v) is 15.1. The fourth-order valence-electron chi connectivity index (χ4n) is 3.20. The van der Waals surface area contributed by atoms with Gasteiger partial charge in [0.05, 0.1) is 23.4 Å². The lowest BCUT2D eigenvalue weighted by Gasteiger charge is -2.35. The van der Waals surface area contributed by atoms with Crippen molar-refractivity contribution in [2.24, 2.45) is 0 Å². The van der Waals surface area contributed by atoms with Gasteiger partial charge in [-0.2, -0.15) is 0 Å². The lowest BCUT2D eigenvalue weighted by Crippen LogP contribution is -2.42. The van der Waals surface area contributed by atoms with Crippen LogP contribution in [0.4, 0.5) is 11.6 Å². The smallest absolute Gasteiger partial charge is 0.134 e. The number of nitrogens with one attached hydrogen (secondary N) is 1. The lowest BCUT2D eigenvalue weighted by atomic mass is 10.0. The molecule has 1 atom stereocenters. The van der Waals surface area contributed by atoms with E-state index in [1.54, 1.807) is 17.7 Å². The molecule has 1 fully saturated rings. The third kappa shape index (κ3) is 4.02. The minimum atomic E-state index is 0.171. The molecule has 0 radical (unpaired) electrons. The highest BCUT2D eigenvalue weighted by Crippen LogP contribution is 2.24. The van der Waals surface area contributed by atoms with E-state index in [0.29, 0.717) is 0 Å². The predicted octanol–water partition coefficient (Wildman–Crippen LogP) is 2.56. The second kappa shape index (κ2) is 7.90. The van der Waals surface area contributed by atoms with Crippen molar-refractivity contribution in [1.29, 1.82) is 0 Å². The Morgan fingerprint density at radius 3 is 2.96 bits per heavy atom. The van der Waals surface area contributed by atoms with E-state index >= 15 is 0 Å². The van der Waals surface area contributed by atoms with E-state index < -0.39 is 0 Å². The molecule has 3 heterocycles. The van der Waals surface area contributed by atoms with Gasteiger partial charge in [-0.25, -0.2) is 15.0 Å². The molecule has 3 rings (SSSR count). The highest BCUT2D eigenvalue weighted by Gasteiger charge is 2.23. The molecular formula is C17H25N5OS. The van der Waals surface area contributed by atoms with Crippen molar-refractivity contribution in [1.82, 2.24) is 15.0 Å². The van der Waals surface area contributed by atoms with Gasteiger partial charge in [0.1, 0.15) is 18.0 Å². The molecule has 0 aliphatic carbocycles. The number of aromatic nitrogens is 3. The minimum Gasteiger partial charge on any atom is -0.394 e. The first-order valence-electron chi connectivity index (χ1n) is 8.53. The van der Waals surface area contributed by atoms with E-state index in [9.17, 15) is 5.11 Å². The highest BCUT2D eigenvalue weighted by atomic mass is 32.1. The van der Waals surface area contributed by atoms with Gasteiger partial charge in [-0.1, -0.05) is 0 Å². The quantitative estimate of drug-likeness (QED) is 0.836. The maximum atomic E-state index is 9.58. The average molecular weight is 347 g/mol. The molecule has 6 nitrogen and oxygen atoms in total. The lowest BCUT2D eigenvalue weighted by molar-refractivity contribution is 0.239. The minimum absolute atomic E-state index is 0.171. The van der Waals surface area contributed by atoms with E-state index in [2.05, 4.69) is 32.1 Å². The Hall–Kier alpha value is -1.73. The number of nitrogens with zero attached hydrogens (tertiary/aromatic N) is 4. The molecule has 0 spiro atoms. The summed E-state index contributed by atoms with van der Waals surface area (Å²) in [4.78, 5) is 16.7. The van der Waals surface area contributed by atoms with Crippen molar-refractivity contribution in [2.45, 2.75) is 45.6 Å². The first-order chi connectivity index (χ1) is 11.7. The van der Waals surface area contributed by atoms with Crippen LogP contribution in [0.25, 0.3) is 0 Å². The van der Waals surface area contributed by atoms with Gasteiger partial charge in [0.2, 0.25) is 0 Å². The van der Waals surface area contributed by atoms with Crippen LogP contribution in [0.5, 0.6) is 0 Å².